The van der Waals surface area contributed by atoms with Crippen LogP contribution in [0.25, 0.3) is 0 Å². The zero-order valence-electron chi connectivity index (χ0n) is 11.3. The summed E-state index contributed by atoms with van der Waals surface area (Å²) in [4.78, 5) is 11.7. The van der Waals surface area contributed by atoms with Crippen molar-refractivity contribution in [3.63, 3.8) is 0 Å². The molecule has 1 N–H and O–H groups in total. The number of carbonyl (C=O) groups is 1. The lowest BCUT2D eigenvalue weighted by Crippen LogP contribution is -2.27. The molecule has 4 nitrogen and oxygen atoms in total. The fourth-order valence-electron chi connectivity index (χ4n) is 1.55. The van der Waals surface area contributed by atoms with E-state index in [1.165, 1.54) is 40.9 Å². The Morgan fingerprint density at radius 3 is 2.81 bits per heavy atom. The molecule has 2 aromatic rings. The van der Waals surface area contributed by atoms with Crippen LogP contribution in [0.2, 0.25) is 0 Å². The average molecular weight is 343 g/mol. The minimum atomic E-state index is -0.237. The molecule has 0 fully saturated rings. The summed E-state index contributed by atoms with van der Waals surface area (Å²) in [6, 6.07) is 6.58. The van der Waals surface area contributed by atoms with E-state index in [1.54, 1.807) is 18.2 Å². The second-order valence-electron chi connectivity index (χ2n) is 4.02. The first-order valence-corrected chi connectivity index (χ1v) is 9.22. The van der Waals surface area contributed by atoms with Gasteiger partial charge in [0.25, 0.3) is 0 Å². The van der Waals surface area contributed by atoms with Gasteiger partial charge in [-0.2, -0.15) is 0 Å². The predicted octanol–water partition coefficient (Wildman–Crippen LogP) is 2.85. The highest BCUT2D eigenvalue weighted by Crippen LogP contribution is 2.26. The number of hydrogen-bond acceptors (Lipinski definition) is 6. The SMILES string of the molecule is CSc1nnc(SCC(=O)NCCc2ccccc2F)s1. The van der Waals surface area contributed by atoms with Crippen molar-refractivity contribution >= 4 is 40.8 Å². The number of benzene rings is 1. The van der Waals surface area contributed by atoms with Crippen LogP contribution in [0.4, 0.5) is 4.39 Å². The molecular weight excluding hydrogens is 329 g/mol. The van der Waals surface area contributed by atoms with Crippen LogP contribution in [0.15, 0.2) is 32.9 Å². The van der Waals surface area contributed by atoms with Gasteiger partial charge in [-0.15, -0.1) is 10.2 Å². The Morgan fingerprint density at radius 1 is 1.33 bits per heavy atom. The van der Waals surface area contributed by atoms with Crippen LogP contribution in [0.3, 0.4) is 0 Å². The molecule has 2 rings (SSSR count). The average Bonchev–Trinajstić information content (AvgIpc) is 2.95. The molecule has 1 aromatic carbocycles. The first kappa shape index (κ1) is 16.3. The zero-order valence-corrected chi connectivity index (χ0v) is 13.8. The van der Waals surface area contributed by atoms with Crippen LogP contribution < -0.4 is 5.32 Å². The highest BCUT2D eigenvalue weighted by molar-refractivity contribution is 8.03. The number of carbonyl (C=O) groups excluding carboxylic acids is 1. The van der Waals surface area contributed by atoms with Crippen molar-refractivity contribution in [2.45, 2.75) is 15.1 Å². The van der Waals surface area contributed by atoms with E-state index in [0.717, 1.165) is 8.68 Å². The highest BCUT2D eigenvalue weighted by atomic mass is 32.2. The number of nitrogens with zero attached hydrogens (tertiary/aromatic N) is 2. The molecule has 0 saturated carbocycles. The second kappa shape index (κ2) is 8.35. The third-order valence-electron chi connectivity index (χ3n) is 2.56. The Labute approximate surface area is 134 Å². The van der Waals surface area contributed by atoms with Gasteiger partial charge >= 0.3 is 0 Å². The Balaban J connectivity index is 1.69. The van der Waals surface area contributed by atoms with Gasteiger partial charge in [-0.05, 0) is 24.3 Å². The van der Waals surface area contributed by atoms with Crippen molar-refractivity contribution in [2.24, 2.45) is 0 Å². The van der Waals surface area contributed by atoms with Gasteiger partial charge < -0.3 is 5.32 Å². The summed E-state index contributed by atoms with van der Waals surface area (Å²) in [6.07, 6.45) is 2.42. The summed E-state index contributed by atoms with van der Waals surface area (Å²) in [5.74, 6) is -0.0304. The molecular formula is C13H14FN3OS3. The van der Waals surface area contributed by atoms with Crippen LogP contribution in [-0.4, -0.2) is 34.7 Å². The topological polar surface area (TPSA) is 54.9 Å². The Bertz CT molecular complexity index is 606. The van der Waals surface area contributed by atoms with Gasteiger partial charge in [-0.25, -0.2) is 4.39 Å². The van der Waals surface area contributed by atoms with Crippen molar-refractivity contribution in [3.05, 3.63) is 35.6 Å². The lowest BCUT2D eigenvalue weighted by molar-refractivity contribution is -0.118. The lowest BCUT2D eigenvalue weighted by atomic mass is 10.1. The summed E-state index contributed by atoms with van der Waals surface area (Å²) in [5, 5.41) is 10.7. The fraction of sp³-hybridized carbons (Fsp3) is 0.308. The van der Waals surface area contributed by atoms with Gasteiger partial charge in [0.15, 0.2) is 8.68 Å². The molecule has 0 aliphatic heterocycles. The molecule has 0 radical (unpaired) electrons. The third-order valence-corrected chi connectivity index (χ3v) is 5.60. The van der Waals surface area contributed by atoms with E-state index < -0.39 is 0 Å². The summed E-state index contributed by atoms with van der Waals surface area (Å²) >= 11 is 4.36. The van der Waals surface area contributed by atoms with Crippen molar-refractivity contribution in [3.8, 4) is 0 Å². The van der Waals surface area contributed by atoms with Crippen molar-refractivity contribution in [1.29, 1.82) is 0 Å². The van der Waals surface area contributed by atoms with Crippen molar-refractivity contribution in [2.75, 3.05) is 18.6 Å². The van der Waals surface area contributed by atoms with Crippen molar-refractivity contribution < 1.29 is 9.18 Å². The molecule has 1 amide bonds. The first-order chi connectivity index (χ1) is 10.2. The molecule has 8 heteroatoms. The van der Waals surface area contributed by atoms with E-state index in [4.69, 9.17) is 0 Å². The van der Waals surface area contributed by atoms with Crippen molar-refractivity contribution in [1.82, 2.24) is 15.5 Å². The van der Waals surface area contributed by atoms with Crippen LogP contribution in [0, 0.1) is 5.82 Å². The normalized spacial score (nSPS) is 10.6. The molecule has 21 heavy (non-hydrogen) atoms. The molecule has 1 heterocycles. The monoisotopic (exact) mass is 343 g/mol. The summed E-state index contributed by atoms with van der Waals surface area (Å²) in [6.45, 7) is 0.423. The number of hydrogen-bond donors (Lipinski definition) is 1. The second-order valence-corrected chi connectivity index (χ2v) is 7.27. The minimum Gasteiger partial charge on any atom is -0.355 e. The lowest BCUT2D eigenvalue weighted by Gasteiger charge is -2.05. The summed E-state index contributed by atoms with van der Waals surface area (Å²) in [7, 11) is 0. The molecule has 1 aromatic heterocycles. The minimum absolute atomic E-state index is 0.0859. The quantitative estimate of drug-likeness (QED) is 0.784. The molecule has 0 bridgehead atoms. The number of amides is 1. The largest absolute Gasteiger partial charge is 0.355 e. The van der Waals surface area contributed by atoms with Gasteiger partial charge in [0.2, 0.25) is 5.91 Å². The van der Waals surface area contributed by atoms with E-state index in [0.29, 0.717) is 24.3 Å². The summed E-state index contributed by atoms with van der Waals surface area (Å²) < 4.78 is 15.1. The van der Waals surface area contributed by atoms with Crippen LogP contribution in [0.1, 0.15) is 5.56 Å². The Kier molecular flexibility index (Phi) is 6.47. The third kappa shape index (κ3) is 5.29. The van der Waals surface area contributed by atoms with Gasteiger partial charge in [0, 0.05) is 6.54 Å². The summed E-state index contributed by atoms with van der Waals surface area (Å²) in [5.41, 5.74) is 0.610. The van der Waals surface area contributed by atoms with Crippen LogP contribution in [-0.2, 0) is 11.2 Å². The van der Waals surface area contributed by atoms with E-state index in [1.807, 2.05) is 6.26 Å². The zero-order chi connectivity index (χ0) is 15.1. The number of thioether (sulfide) groups is 2. The van der Waals surface area contributed by atoms with Gasteiger partial charge in [0.1, 0.15) is 5.82 Å². The van der Waals surface area contributed by atoms with Gasteiger partial charge in [-0.3, -0.25) is 4.79 Å². The maximum atomic E-state index is 13.4. The standard InChI is InChI=1S/C13H14FN3OS3/c1-19-12-16-17-13(21-12)20-8-11(18)15-7-6-9-4-2-3-5-10(9)14/h2-5H,6-8H2,1H3,(H,15,18). The molecule has 0 atom stereocenters. The van der Waals surface area contributed by atoms with Gasteiger partial charge in [0.05, 0.1) is 5.75 Å². The smallest absolute Gasteiger partial charge is 0.230 e. The maximum absolute atomic E-state index is 13.4. The van der Waals surface area contributed by atoms with E-state index in [2.05, 4.69) is 15.5 Å². The highest BCUT2D eigenvalue weighted by Gasteiger charge is 2.08. The number of aromatic nitrogens is 2. The molecule has 0 spiro atoms. The van der Waals surface area contributed by atoms with Crippen LogP contribution in [0.5, 0.6) is 0 Å². The van der Waals surface area contributed by atoms with Crippen LogP contribution >= 0.6 is 34.9 Å². The molecule has 0 aliphatic carbocycles. The predicted molar refractivity (Wildman–Crippen MR) is 85.5 cm³/mol. The Morgan fingerprint density at radius 2 is 2.10 bits per heavy atom. The Hall–Kier alpha value is -1.12. The van der Waals surface area contributed by atoms with E-state index in [9.17, 15) is 9.18 Å². The number of nitrogens with one attached hydrogen (secondary N) is 1. The fourth-order valence-corrected chi connectivity index (χ4v) is 3.82. The molecule has 0 saturated heterocycles. The number of rotatable bonds is 7. The van der Waals surface area contributed by atoms with E-state index in [-0.39, 0.29) is 11.7 Å². The molecule has 0 aliphatic rings. The van der Waals surface area contributed by atoms with E-state index >= 15 is 0 Å². The number of halogens is 1. The van der Waals surface area contributed by atoms with Gasteiger partial charge in [-0.1, -0.05) is 53.1 Å². The first-order valence-electron chi connectivity index (χ1n) is 6.19. The maximum Gasteiger partial charge on any atom is 0.230 e. The molecule has 0 unspecified atom stereocenters. The molecule has 112 valence electrons.